The standard InChI is InChI=1S/C40H49N9O6S/c1-24-35(56-23-43-24)26-11-9-25(10-12-26)21-42-38(54)31-19-27(50)22-49(31)39(55)36(40(2,3)4)44-33(52)13-14-34(53)48-17-15-47(16-18-48)30-20-29(45-46-37(30)41)28-7-5-6-8-32(28)51/h5-12,20,23,27,31,36,50-51H,13-19,21-22H2,1-4H3,(H2,41,46)(H,42,54)(H,44,52)/t27-,31+,36-/m1/s1. The number of hydrogen-bond donors (Lipinski definition) is 5. The first-order chi connectivity index (χ1) is 26.7. The minimum atomic E-state index is -1.00. The fraction of sp³-hybridized carbons (Fsp3) is 0.425. The number of para-hydroxylation sites is 1. The van der Waals surface area contributed by atoms with Gasteiger partial charge in [0.05, 0.1) is 33.6 Å². The quantitative estimate of drug-likeness (QED) is 0.149. The Hall–Kier alpha value is -5.61. The summed E-state index contributed by atoms with van der Waals surface area (Å²) in [6.45, 7) is 9.36. The van der Waals surface area contributed by atoms with Crippen molar-refractivity contribution < 1.29 is 29.4 Å². The van der Waals surface area contributed by atoms with Gasteiger partial charge in [-0.3, -0.25) is 19.2 Å². The first-order valence-electron chi connectivity index (χ1n) is 18.7. The molecule has 4 heterocycles. The van der Waals surface area contributed by atoms with Crippen molar-refractivity contribution in [3.05, 3.63) is 71.4 Å². The van der Waals surface area contributed by atoms with Crippen LogP contribution in [-0.2, 0) is 25.7 Å². The predicted molar refractivity (Wildman–Crippen MR) is 213 cm³/mol. The van der Waals surface area contributed by atoms with Crippen molar-refractivity contribution in [3.8, 4) is 27.4 Å². The molecule has 0 bridgehead atoms. The van der Waals surface area contributed by atoms with Gasteiger partial charge in [0, 0.05) is 64.1 Å². The number of aromatic hydroxyl groups is 1. The van der Waals surface area contributed by atoms with Crippen LogP contribution in [0.4, 0.5) is 11.5 Å². The molecular formula is C40H49N9O6S. The minimum Gasteiger partial charge on any atom is -0.507 e. The number of aryl methyl sites for hydroxylation is 1. The van der Waals surface area contributed by atoms with Crippen LogP contribution in [0.25, 0.3) is 21.7 Å². The number of aliphatic hydroxyl groups is 1. The molecule has 0 radical (unpaired) electrons. The Morgan fingerprint density at radius 2 is 1.71 bits per heavy atom. The molecule has 4 amide bonds. The highest BCUT2D eigenvalue weighted by Crippen LogP contribution is 2.32. The molecular weight excluding hydrogens is 735 g/mol. The molecule has 3 atom stereocenters. The van der Waals surface area contributed by atoms with E-state index in [9.17, 15) is 29.4 Å². The van der Waals surface area contributed by atoms with Gasteiger partial charge in [-0.25, -0.2) is 4.98 Å². The zero-order valence-electron chi connectivity index (χ0n) is 32.1. The van der Waals surface area contributed by atoms with Crippen LogP contribution in [0.2, 0.25) is 0 Å². The van der Waals surface area contributed by atoms with Crippen LogP contribution in [0.1, 0.15) is 51.3 Å². The summed E-state index contributed by atoms with van der Waals surface area (Å²) in [5.41, 5.74) is 11.8. The monoisotopic (exact) mass is 783 g/mol. The van der Waals surface area contributed by atoms with Gasteiger partial charge >= 0.3 is 0 Å². The Morgan fingerprint density at radius 3 is 2.38 bits per heavy atom. The van der Waals surface area contributed by atoms with E-state index in [0.29, 0.717) is 43.1 Å². The van der Waals surface area contributed by atoms with Crippen LogP contribution < -0.4 is 21.3 Å². The maximum absolute atomic E-state index is 14.0. The van der Waals surface area contributed by atoms with E-state index in [-0.39, 0.29) is 55.7 Å². The third kappa shape index (κ3) is 9.25. The smallest absolute Gasteiger partial charge is 0.246 e. The largest absolute Gasteiger partial charge is 0.507 e. The second-order valence-electron chi connectivity index (χ2n) is 15.3. The van der Waals surface area contributed by atoms with E-state index in [1.807, 2.05) is 56.9 Å². The minimum absolute atomic E-state index is 0.0377. The van der Waals surface area contributed by atoms with Crippen molar-refractivity contribution in [2.45, 2.75) is 71.7 Å². The van der Waals surface area contributed by atoms with Crippen molar-refractivity contribution in [3.63, 3.8) is 0 Å². The van der Waals surface area contributed by atoms with Crippen LogP contribution in [0, 0.1) is 12.3 Å². The SMILES string of the molecule is Cc1ncsc1-c1ccc(CNC(=O)[C@@H]2C[C@@H](O)CN2C(=O)[C@@H](NC(=O)CCC(=O)N2CCN(c3cc(-c4ccccc4O)nnc3N)CC2)C(C)(C)C)cc1. The number of likely N-dealkylation sites (tertiary alicyclic amines) is 1. The lowest BCUT2D eigenvalue weighted by molar-refractivity contribution is -0.144. The molecule has 2 aliphatic rings. The van der Waals surface area contributed by atoms with Gasteiger partial charge in [-0.15, -0.1) is 21.5 Å². The molecule has 6 N–H and O–H groups in total. The molecule has 0 spiro atoms. The number of phenolic OH excluding ortho intramolecular Hbond substituents is 1. The number of carbonyl (C=O) groups excluding carboxylic acids is 4. The maximum atomic E-state index is 14.0. The number of piperazine rings is 1. The molecule has 2 aromatic heterocycles. The van der Waals surface area contributed by atoms with Crippen molar-refractivity contribution in [2.24, 2.45) is 5.41 Å². The molecule has 2 aliphatic heterocycles. The van der Waals surface area contributed by atoms with E-state index >= 15 is 0 Å². The number of aromatic nitrogens is 3. The molecule has 16 heteroatoms. The molecule has 2 fully saturated rings. The summed E-state index contributed by atoms with van der Waals surface area (Å²) in [7, 11) is 0. The number of thiazole rings is 1. The number of anilines is 2. The fourth-order valence-corrected chi connectivity index (χ4v) is 7.87. The predicted octanol–water partition coefficient (Wildman–Crippen LogP) is 3.10. The third-order valence-electron chi connectivity index (χ3n) is 10.2. The van der Waals surface area contributed by atoms with Gasteiger partial charge in [0.25, 0.3) is 0 Å². The normalized spacial score (nSPS) is 17.8. The van der Waals surface area contributed by atoms with Crippen LogP contribution >= 0.6 is 11.3 Å². The zero-order valence-corrected chi connectivity index (χ0v) is 32.9. The highest BCUT2D eigenvalue weighted by atomic mass is 32.1. The number of benzene rings is 2. The second-order valence-corrected chi connectivity index (χ2v) is 16.2. The second kappa shape index (κ2) is 17.0. The molecule has 2 aromatic carbocycles. The summed E-state index contributed by atoms with van der Waals surface area (Å²) >= 11 is 1.57. The van der Waals surface area contributed by atoms with Gasteiger partial charge in [0.2, 0.25) is 23.6 Å². The number of nitrogen functional groups attached to an aromatic ring is 1. The van der Waals surface area contributed by atoms with Crippen LogP contribution in [0.5, 0.6) is 5.75 Å². The van der Waals surface area contributed by atoms with Crippen molar-refractivity contribution in [1.29, 1.82) is 0 Å². The molecule has 56 heavy (non-hydrogen) atoms. The van der Waals surface area contributed by atoms with Gasteiger partial charge in [0.1, 0.15) is 17.8 Å². The molecule has 6 rings (SSSR count). The molecule has 15 nitrogen and oxygen atoms in total. The van der Waals surface area contributed by atoms with E-state index in [2.05, 4.69) is 25.8 Å². The Morgan fingerprint density at radius 1 is 1.00 bits per heavy atom. The van der Waals surface area contributed by atoms with Gasteiger partial charge < -0.3 is 41.3 Å². The molecule has 0 saturated carbocycles. The van der Waals surface area contributed by atoms with Crippen molar-refractivity contribution >= 4 is 46.5 Å². The Labute approximate surface area is 329 Å². The fourth-order valence-electron chi connectivity index (χ4n) is 7.06. The Kier molecular flexibility index (Phi) is 12.2. The Balaban J connectivity index is 1.00. The van der Waals surface area contributed by atoms with E-state index in [4.69, 9.17) is 5.73 Å². The number of nitrogens with one attached hydrogen (secondary N) is 2. The summed E-state index contributed by atoms with van der Waals surface area (Å²) in [6.07, 6.45) is -0.990. The number of rotatable bonds is 11. The van der Waals surface area contributed by atoms with E-state index in [1.54, 1.807) is 52.1 Å². The maximum Gasteiger partial charge on any atom is 0.246 e. The zero-order chi connectivity index (χ0) is 40.1. The van der Waals surface area contributed by atoms with Gasteiger partial charge in [-0.1, -0.05) is 57.2 Å². The van der Waals surface area contributed by atoms with Gasteiger partial charge in [-0.05, 0) is 41.7 Å². The lowest BCUT2D eigenvalue weighted by atomic mass is 9.85. The summed E-state index contributed by atoms with van der Waals surface area (Å²) in [4.78, 5) is 64.4. The number of nitrogens with zero attached hydrogens (tertiary/aromatic N) is 6. The summed E-state index contributed by atoms with van der Waals surface area (Å²) in [5.74, 6) is -1.19. The Bertz CT molecular complexity index is 2060. The highest BCUT2D eigenvalue weighted by molar-refractivity contribution is 7.13. The molecule has 0 aliphatic carbocycles. The number of nitrogens with two attached hydrogens (primary N) is 1. The van der Waals surface area contributed by atoms with Crippen LogP contribution in [0.3, 0.4) is 0 Å². The lowest BCUT2D eigenvalue weighted by Gasteiger charge is -2.36. The highest BCUT2D eigenvalue weighted by Gasteiger charge is 2.44. The number of hydrogen-bond acceptors (Lipinski definition) is 12. The van der Waals surface area contributed by atoms with Gasteiger partial charge in [-0.2, -0.15) is 0 Å². The molecule has 0 unspecified atom stereocenters. The summed E-state index contributed by atoms with van der Waals surface area (Å²) in [5, 5.41) is 34.8. The molecule has 296 valence electrons. The molecule has 2 saturated heterocycles. The van der Waals surface area contributed by atoms with Crippen LogP contribution in [-0.4, -0.2) is 110 Å². The number of amides is 4. The number of aliphatic hydroxyl groups excluding tert-OH is 1. The topological polar surface area (TPSA) is 207 Å². The van der Waals surface area contributed by atoms with Crippen molar-refractivity contribution in [2.75, 3.05) is 43.4 Å². The average Bonchev–Trinajstić information content (AvgIpc) is 3.80. The van der Waals surface area contributed by atoms with Crippen molar-refractivity contribution in [1.82, 2.24) is 35.6 Å². The van der Waals surface area contributed by atoms with Crippen LogP contribution in [0.15, 0.2) is 60.1 Å². The number of phenols is 1. The first kappa shape index (κ1) is 40.1. The number of carbonyl (C=O) groups is 4. The summed E-state index contributed by atoms with van der Waals surface area (Å²) in [6, 6.07) is 14.5. The number of β-amino-alcohol motifs (C(OH)–C–C–N with tert-alkyl or cyclic N) is 1. The third-order valence-corrected chi connectivity index (χ3v) is 11.2. The average molecular weight is 784 g/mol. The molecule has 4 aromatic rings. The van der Waals surface area contributed by atoms with Gasteiger partial charge in [0.15, 0.2) is 5.82 Å². The van der Waals surface area contributed by atoms with E-state index in [1.165, 1.54) is 4.90 Å². The first-order valence-corrected chi connectivity index (χ1v) is 19.6. The lowest BCUT2D eigenvalue weighted by Crippen LogP contribution is -2.57. The summed E-state index contributed by atoms with van der Waals surface area (Å²) < 4.78 is 0. The van der Waals surface area contributed by atoms with E-state index < -0.39 is 35.4 Å². The van der Waals surface area contributed by atoms with E-state index in [0.717, 1.165) is 21.7 Å².